The van der Waals surface area contributed by atoms with Crippen molar-refractivity contribution in [1.29, 1.82) is 0 Å². The average Bonchev–Trinajstić information content (AvgIpc) is 2.72. The summed E-state index contributed by atoms with van der Waals surface area (Å²) in [4.78, 5) is 18.0. The number of hydrogen-bond donors (Lipinski definition) is 2. The van der Waals surface area contributed by atoms with Gasteiger partial charge >= 0.3 is 7.82 Å². The second kappa shape index (κ2) is 17.9. The van der Waals surface area contributed by atoms with E-state index in [9.17, 15) is 7.63 Å². The van der Waals surface area contributed by atoms with E-state index in [1.54, 1.807) is 12.1 Å². The molecule has 0 atom stereocenters. The van der Waals surface area contributed by atoms with Gasteiger partial charge in [0.25, 0.3) is 0 Å². The van der Waals surface area contributed by atoms with Gasteiger partial charge in [0.15, 0.2) is 21.2 Å². The summed E-state index contributed by atoms with van der Waals surface area (Å²) < 4.78 is 27.4. The molecule has 0 aromatic heterocycles. The molecule has 0 heterocycles. The van der Waals surface area contributed by atoms with E-state index >= 15 is 0 Å². The lowest BCUT2D eigenvalue weighted by molar-refractivity contribution is 0.282. The molecule has 0 spiro atoms. The second-order valence-electron chi connectivity index (χ2n) is 8.11. The van der Waals surface area contributed by atoms with Crippen molar-refractivity contribution >= 4 is 29.0 Å². The van der Waals surface area contributed by atoms with Crippen LogP contribution in [-0.2, 0) is 14.1 Å². The van der Waals surface area contributed by atoms with E-state index in [0.29, 0.717) is 3.57 Å². The maximum atomic E-state index is 11.2. The van der Waals surface area contributed by atoms with Crippen LogP contribution in [0.25, 0.3) is 0 Å². The Morgan fingerprint density at radius 2 is 1.42 bits per heavy atom. The van der Waals surface area contributed by atoms with E-state index in [4.69, 9.17) is 9.79 Å². The van der Waals surface area contributed by atoms with Gasteiger partial charge in [0, 0.05) is 0 Å². The predicted octanol–water partition coefficient (Wildman–Crippen LogP) is 8.22. The van der Waals surface area contributed by atoms with Crippen LogP contribution in [0.5, 0.6) is 5.75 Å². The van der Waals surface area contributed by atoms with Crippen molar-refractivity contribution in [2.75, 3.05) is 0 Å². The lowest BCUT2D eigenvalue weighted by Crippen LogP contribution is -1.95. The van der Waals surface area contributed by atoms with Crippen LogP contribution in [0, 0.1) is 3.57 Å². The molecule has 7 heteroatoms. The fraction of sp³-hybridized carbons (Fsp3) is 0.667. The average molecular weight is 566 g/mol. The minimum absolute atomic E-state index is 0.0512. The van der Waals surface area contributed by atoms with E-state index in [0.717, 1.165) is 31.2 Å². The van der Waals surface area contributed by atoms with E-state index in [2.05, 4.69) is 23.6 Å². The largest absolute Gasteiger partial charge is 0.524 e. The number of rotatable bonds is 19. The van der Waals surface area contributed by atoms with Gasteiger partial charge in [0.05, 0.1) is 3.57 Å². The molecule has 0 aliphatic heterocycles. The minimum Gasteiger partial charge on any atom is -0.403 e. The monoisotopic (exact) mass is 566 g/mol. The Kier molecular flexibility index (Phi) is 16.5. The molecule has 0 radical (unpaired) electrons. The molecule has 178 valence electrons. The van der Waals surface area contributed by atoms with Crippen LogP contribution in [-0.4, -0.2) is 9.79 Å². The quantitative estimate of drug-likeness (QED) is 0.0763. The molecule has 0 fully saturated rings. The summed E-state index contributed by atoms with van der Waals surface area (Å²) in [6, 6.07) is 5.13. The molecule has 0 aliphatic rings. The van der Waals surface area contributed by atoms with Crippen molar-refractivity contribution in [2.45, 2.75) is 103 Å². The molecule has 1 rings (SSSR count). The highest BCUT2D eigenvalue weighted by atomic mass is 127. The number of halogens is 1. The van der Waals surface area contributed by atoms with Crippen molar-refractivity contribution in [1.82, 2.24) is 0 Å². The number of phosphoric ester groups is 1. The highest BCUT2D eigenvalue weighted by Gasteiger charge is 2.19. The van der Waals surface area contributed by atoms with Crippen LogP contribution >= 0.6 is 29.0 Å². The number of phosphoric acid groups is 1. The van der Waals surface area contributed by atoms with Gasteiger partial charge in [-0.05, 0) is 56.2 Å². The maximum Gasteiger partial charge on any atom is 0.524 e. The maximum absolute atomic E-state index is 11.2. The van der Waals surface area contributed by atoms with Gasteiger partial charge in [-0.2, -0.15) is 0 Å². The second-order valence-corrected chi connectivity index (χ2v) is 10.9. The molecular formula is C24H40IO5P. The van der Waals surface area contributed by atoms with E-state index in [-0.39, 0.29) is 5.75 Å². The van der Waals surface area contributed by atoms with Crippen LogP contribution in [0.15, 0.2) is 30.4 Å². The first-order valence-electron chi connectivity index (χ1n) is 11.8. The Morgan fingerprint density at radius 3 is 1.97 bits per heavy atom. The molecule has 0 unspecified atom stereocenters. The summed E-state index contributed by atoms with van der Waals surface area (Å²) in [5.41, 5.74) is 0.954. The van der Waals surface area contributed by atoms with Crippen LogP contribution in [0.4, 0.5) is 0 Å². The molecule has 0 amide bonds. The van der Waals surface area contributed by atoms with Gasteiger partial charge in [-0.25, -0.2) is 4.57 Å². The smallest absolute Gasteiger partial charge is 0.403 e. The number of benzene rings is 1. The Hall–Kier alpha value is -0.560. The van der Waals surface area contributed by atoms with Gasteiger partial charge in [0.1, 0.15) is 5.75 Å². The van der Waals surface area contributed by atoms with Gasteiger partial charge < -0.3 is 4.52 Å². The molecular weight excluding hydrogens is 526 g/mol. The highest BCUT2D eigenvalue weighted by Crippen LogP contribution is 2.40. The van der Waals surface area contributed by atoms with Crippen molar-refractivity contribution in [3.8, 4) is 5.75 Å². The van der Waals surface area contributed by atoms with Crippen LogP contribution in [0.3, 0.4) is 0 Å². The van der Waals surface area contributed by atoms with Crippen LogP contribution in [0.1, 0.15) is 102 Å². The standard InChI is InChI=1S/C24H40IO5P/c1-2-3-4-5-6-7-8-9-10-11-12-13-14-15-16-17-18-22-19-20-23(25-26)24(21-22)30-31(27,28)29/h11-12,19-21H,2-10,13-18H2,1H3,(H2,27,28,29). The molecule has 1 aromatic carbocycles. The Labute approximate surface area is 198 Å². The number of hydrogen-bond acceptors (Lipinski definition) is 3. The highest BCUT2D eigenvalue weighted by molar-refractivity contribution is 14.1. The lowest BCUT2D eigenvalue weighted by atomic mass is 10.0. The van der Waals surface area contributed by atoms with Crippen molar-refractivity contribution in [2.24, 2.45) is 0 Å². The first-order valence-corrected chi connectivity index (χ1v) is 15.3. The summed E-state index contributed by atoms with van der Waals surface area (Å²) in [7, 11) is -4.64. The van der Waals surface area contributed by atoms with Crippen LogP contribution < -0.4 is 4.52 Å². The van der Waals surface area contributed by atoms with Crippen molar-refractivity contribution < 1.29 is 21.9 Å². The summed E-state index contributed by atoms with van der Waals surface area (Å²) >= 11 is -1.54. The van der Waals surface area contributed by atoms with Gasteiger partial charge in [-0.15, -0.1) is 0 Å². The Bertz CT molecular complexity index is 687. The van der Waals surface area contributed by atoms with E-state index in [1.165, 1.54) is 70.6 Å². The van der Waals surface area contributed by atoms with E-state index < -0.39 is 29.0 Å². The van der Waals surface area contributed by atoms with Crippen molar-refractivity contribution in [3.63, 3.8) is 0 Å². The van der Waals surface area contributed by atoms with Crippen LogP contribution in [0.2, 0.25) is 0 Å². The fourth-order valence-corrected chi connectivity index (χ4v) is 4.93. The van der Waals surface area contributed by atoms with Crippen molar-refractivity contribution in [3.05, 3.63) is 39.5 Å². The Balaban J connectivity index is 2.07. The van der Waals surface area contributed by atoms with Gasteiger partial charge in [-0.1, -0.05) is 82.9 Å². The normalized spacial score (nSPS) is 12.0. The predicted molar refractivity (Wildman–Crippen MR) is 136 cm³/mol. The number of unbranched alkanes of at least 4 members (excludes halogenated alkanes) is 12. The third kappa shape index (κ3) is 15.8. The van der Waals surface area contributed by atoms with E-state index in [1.807, 2.05) is 6.07 Å². The summed E-state index contributed by atoms with van der Waals surface area (Å²) in [6.07, 6.45) is 23.3. The third-order valence-corrected chi connectivity index (χ3v) is 7.07. The lowest BCUT2D eigenvalue weighted by Gasteiger charge is -2.10. The molecule has 0 saturated heterocycles. The molecule has 0 saturated carbocycles. The molecule has 0 bridgehead atoms. The zero-order valence-corrected chi connectivity index (χ0v) is 22.0. The molecule has 2 N–H and O–H groups in total. The summed E-state index contributed by atoms with van der Waals surface area (Å²) in [6.45, 7) is 2.26. The van der Waals surface area contributed by atoms with Gasteiger partial charge in [0.2, 0.25) is 0 Å². The summed E-state index contributed by atoms with van der Waals surface area (Å²) in [5.74, 6) is 0.0512. The fourth-order valence-electron chi connectivity index (χ4n) is 3.54. The first-order chi connectivity index (χ1) is 15.0. The topological polar surface area (TPSA) is 83.8 Å². The first kappa shape index (κ1) is 28.5. The SMILES string of the molecule is CCCCCCCCCCC=CCCCCCCc1ccc(I=O)c(OP(=O)(O)O)c1. The molecule has 31 heavy (non-hydrogen) atoms. The zero-order chi connectivity index (χ0) is 22.8. The Morgan fingerprint density at radius 1 is 0.871 bits per heavy atom. The minimum atomic E-state index is -4.64. The number of allylic oxidation sites excluding steroid dienone is 2. The third-order valence-electron chi connectivity index (χ3n) is 5.27. The zero-order valence-electron chi connectivity index (χ0n) is 18.9. The summed E-state index contributed by atoms with van der Waals surface area (Å²) in [5, 5.41) is 0. The van der Waals surface area contributed by atoms with Gasteiger partial charge in [-0.3, -0.25) is 12.9 Å². The number of aryl methyl sites for hydroxylation is 1. The molecule has 5 nitrogen and oxygen atoms in total. The molecule has 0 aliphatic carbocycles. The molecule has 1 aromatic rings.